The molecule has 1 saturated heterocycles. The van der Waals surface area contributed by atoms with Crippen molar-refractivity contribution >= 4 is 11.8 Å². The molecule has 1 aliphatic heterocycles. The Morgan fingerprint density at radius 1 is 1.16 bits per heavy atom. The second-order valence-electron chi connectivity index (χ2n) is 10.0. The zero-order chi connectivity index (χ0) is 22.2. The van der Waals surface area contributed by atoms with Crippen LogP contribution in [0.1, 0.15) is 75.8 Å². The SMILES string of the molecule is CC(=O)C1CC2(CCN(C3CCC(C)(C(=O)OCCF)CC3)CC2)c2cc(F)ccc21. The fourth-order valence-electron chi connectivity index (χ4n) is 6.17. The minimum atomic E-state index is -0.641. The number of halogens is 2. The summed E-state index contributed by atoms with van der Waals surface area (Å²) in [6, 6.07) is 5.36. The molecule has 31 heavy (non-hydrogen) atoms. The molecule has 0 bridgehead atoms. The molecule has 0 N–H and O–H groups in total. The molecule has 3 aliphatic rings. The maximum absolute atomic E-state index is 14.1. The molecule has 1 aromatic carbocycles. The Morgan fingerprint density at radius 3 is 2.45 bits per heavy atom. The van der Waals surface area contributed by atoms with Crippen LogP contribution in [0.25, 0.3) is 0 Å². The Hall–Kier alpha value is -1.82. The maximum Gasteiger partial charge on any atom is 0.311 e. The first-order valence-electron chi connectivity index (χ1n) is 11.6. The number of alkyl halides is 1. The van der Waals surface area contributed by atoms with Gasteiger partial charge < -0.3 is 9.64 Å². The number of carbonyl (C=O) groups excluding carboxylic acids is 2. The number of nitrogens with zero attached hydrogens (tertiary/aromatic N) is 1. The molecule has 1 unspecified atom stereocenters. The van der Waals surface area contributed by atoms with E-state index in [1.807, 2.05) is 13.0 Å². The summed E-state index contributed by atoms with van der Waals surface area (Å²) in [6.07, 6.45) is 6.01. The van der Waals surface area contributed by atoms with E-state index in [0.29, 0.717) is 6.04 Å². The van der Waals surface area contributed by atoms with Crippen LogP contribution >= 0.6 is 0 Å². The molecule has 2 fully saturated rings. The maximum atomic E-state index is 14.1. The monoisotopic (exact) mass is 433 g/mol. The molecule has 1 heterocycles. The number of hydrogen-bond acceptors (Lipinski definition) is 4. The third kappa shape index (κ3) is 4.15. The number of fused-ring (bicyclic) bond motifs is 2. The Balaban J connectivity index is 1.39. The van der Waals surface area contributed by atoms with Gasteiger partial charge in [-0.1, -0.05) is 6.07 Å². The van der Waals surface area contributed by atoms with E-state index in [1.165, 1.54) is 6.07 Å². The second kappa shape index (κ2) is 8.61. The van der Waals surface area contributed by atoms with Crippen LogP contribution in [0.5, 0.6) is 0 Å². The van der Waals surface area contributed by atoms with Crippen molar-refractivity contribution in [2.24, 2.45) is 5.41 Å². The number of Topliss-reactive ketones (excluding diaryl/α,β-unsaturated/α-hetero) is 1. The van der Waals surface area contributed by atoms with Crippen LogP contribution in [0.4, 0.5) is 8.78 Å². The first-order chi connectivity index (χ1) is 14.8. The van der Waals surface area contributed by atoms with E-state index < -0.39 is 12.1 Å². The number of rotatable bonds is 5. The van der Waals surface area contributed by atoms with Gasteiger partial charge in [-0.25, -0.2) is 8.78 Å². The molecule has 1 spiro atoms. The fourth-order valence-corrected chi connectivity index (χ4v) is 6.17. The first kappa shape index (κ1) is 22.4. The van der Waals surface area contributed by atoms with E-state index in [0.717, 1.165) is 69.2 Å². The van der Waals surface area contributed by atoms with E-state index >= 15 is 0 Å². The highest BCUT2D eigenvalue weighted by Gasteiger charge is 2.48. The van der Waals surface area contributed by atoms with Gasteiger partial charge in [0.2, 0.25) is 0 Å². The summed E-state index contributed by atoms with van der Waals surface area (Å²) >= 11 is 0. The van der Waals surface area contributed by atoms with Gasteiger partial charge in [-0.05, 0) is 101 Å². The molecule has 2 aliphatic carbocycles. The van der Waals surface area contributed by atoms with Crippen LogP contribution < -0.4 is 0 Å². The second-order valence-corrected chi connectivity index (χ2v) is 10.0. The Labute approximate surface area is 183 Å². The van der Waals surface area contributed by atoms with Gasteiger partial charge >= 0.3 is 5.97 Å². The van der Waals surface area contributed by atoms with Crippen LogP contribution in [0, 0.1) is 11.2 Å². The topological polar surface area (TPSA) is 46.6 Å². The number of ketones is 1. The van der Waals surface area contributed by atoms with Crippen molar-refractivity contribution in [1.82, 2.24) is 4.90 Å². The normalized spacial score (nSPS) is 30.2. The Morgan fingerprint density at radius 2 is 1.84 bits per heavy atom. The minimum absolute atomic E-state index is 0.108. The zero-order valence-electron chi connectivity index (χ0n) is 18.6. The highest BCUT2D eigenvalue weighted by atomic mass is 19.1. The first-order valence-corrected chi connectivity index (χ1v) is 11.6. The molecule has 0 radical (unpaired) electrons. The summed E-state index contributed by atoms with van der Waals surface area (Å²) in [7, 11) is 0. The number of benzene rings is 1. The molecule has 4 nitrogen and oxygen atoms in total. The van der Waals surface area contributed by atoms with Gasteiger partial charge in [0.15, 0.2) is 0 Å². The standard InChI is InChI=1S/C25H33F2NO3/c1-17(29)21-16-25(22-15-18(27)3-4-20(21)22)9-12-28(13-10-25)19-5-7-24(2,8-6-19)23(30)31-14-11-26/h3-4,15,19,21H,5-14,16H2,1-2H3. The summed E-state index contributed by atoms with van der Waals surface area (Å²) in [4.78, 5) is 27.1. The van der Waals surface area contributed by atoms with Gasteiger partial charge in [0.05, 0.1) is 5.41 Å². The third-order valence-electron chi connectivity index (χ3n) is 8.18. The van der Waals surface area contributed by atoms with Crippen LogP contribution in [0.15, 0.2) is 18.2 Å². The number of esters is 1. The molecular formula is C25H33F2NO3. The average molecular weight is 434 g/mol. The molecule has 0 amide bonds. The van der Waals surface area contributed by atoms with Crippen molar-refractivity contribution < 1.29 is 23.1 Å². The molecule has 170 valence electrons. The highest BCUT2D eigenvalue weighted by Crippen LogP contribution is 2.52. The van der Waals surface area contributed by atoms with Gasteiger partial charge in [-0.3, -0.25) is 9.59 Å². The molecular weight excluding hydrogens is 400 g/mol. The van der Waals surface area contributed by atoms with Crippen molar-refractivity contribution in [2.75, 3.05) is 26.4 Å². The van der Waals surface area contributed by atoms with Gasteiger partial charge in [-0.2, -0.15) is 0 Å². The van der Waals surface area contributed by atoms with E-state index in [2.05, 4.69) is 4.90 Å². The molecule has 0 aromatic heterocycles. The summed E-state index contributed by atoms with van der Waals surface area (Å²) in [5.74, 6) is -0.455. The summed E-state index contributed by atoms with van der Waals surface area (Å²) in [5.41, 5.74) is 1.44. The zero-order valence-corrected chi connectivity index (χ0v) is 18.6. The van der Waals surface area contributed by atoms with Crippen molar-refractivity contribution in [3.63, 3.8) is 0 Å². The minimum Gasteiger partial charge on any atom is -0.462 e. The predicted octanol–water partition coefficient (Wildman–Crippen LogP) is 4.70. The number of ether oxygens (including phenoxy) is 1. The van der Waals surface area contributed by atoms with Gasteiger partial charge in [0, 0.05) is 12.0 Å². The Kier molecular flexibility index (Phi) is 6.21. The van der Waals surface area contributed by atoms with Crippen molar-refractivity contribution in [2.45, 2.75) is 76.2 Å². The van der Waals surface area contributed by atoms with Crippen molar-refractivity contribution in [1.29, 1.82) is 0 Å². The van der Waals surface area contributed by atoms with Gasteiger partial charge in [-0.15, -0.1) is 0 Å². The summed E-state index contributed by atoms with van der Waals surface area (Å²) < 4.78 is 31.5. The third-order valence-corrected chi connectivity index (χ3v) is 8.18. The van der Waals surface area contributed by atoms with Crippen molar-refractivity contribution in [3.05, 3.63) is 35.1 Å². The lowest BCUT2D eigenvalue weighted by Gasteiger charge is -2.46. The van der Waals surface area contributed by atoms with E-state index in [-0.39, 0.29) is 35.5 Å². The fraction of sp³-hybridized carbons (Fsp3) is 0.680. The van der Waals surface area contributed by atoms with Crippen molar-refractivity contribution in [3.8, 4) is 0 Å². The number of carbonyl (C=O) groups is 2. The summed E-state index contributed by atoms with van der Waals surface area (Å²) in [6.45, 7) is 4.62. The smallest absolute Gasteiger partial charge is 0.311 e. The van der Waals surface area contributed by atoms with E-state index in [1.54, 1.807) is 13.0 Å². The highest BCUT2D eigenvalue weighted by molar-refractivity contribution is 5.85. The van der Waals surface area contributed by atoms with E-state index in [9.17, 15) is 18.4 Å². The summed E-state index contributed by atoms with van der Waals surface area (Å²) in [5, 5.41) is 0. The molecule has 1 saturated carbocycles. The number of piperidine rings is 1. The molecule has 1 atom stereocenters. The largest absolute Gasteiger partial charge is 0.462 e. The van der Waals surface area contributed by atoms with Gasteiger partial charge in [0.1, 0.15) is 24.9 Å². The van der Waals surface area contributed by atoms with Gasteiger partial charge in [0.25, 0.3) is 0 Å². The lowest BCUT2D eigenvalue weighted by atomic mass is 9.71. The number of likely N-dealkylation sites (tertiary alicyclic amines) is 1. The quantitative estimate of drug-likeness (QED) is 0.632. The molecule has 1 aromatic rings. The van der Waals surface area contributed by atoms with E-state index in [4.69, 9.17) is 4.74 Å². The van der Waals surface area contributed by atoms with Crippen LogP contribution in [-0.4, -0.2) is 49.1 Å². The predicted molar refractivity (Wildman–Crippen MR) is 114 cm³/mol. The molecule has 6 heteroatoms. The molecule has 4 rings (SSSR count). The average Bonchev–Trinajstić information content (AvgIpc) is 3.07. The Bertz CT molecular complexity index is 839. The lowest BCUT2D eigenvalue weighted by molar-refractivity contribution is -0.158. The number of hydrogen-bond donors (Lipinski definition) is 0. The van der Waals surface area contributed by atoms with Crippen LogP contribution in [-0.2, 0) is 19.7 Å². The van der Waals surface area contributed by atoms with Crippen LogP contribution in [0.2, 0.25) is 0 Å². The lowest BCUT2D eigenvalue weighted by Crippen LogP contribution is -2.49. The van der Waals surface area contributed by atoms with Crippen LogP contribution in [0.3, 0.4) is 0 Å².